The summed E-state index contributed by atoms with van der Waals surface area (Å²) in [7, 11) is 3.32. The van der Waals surface area contributed by atoms with Crippen LogP contribution >= 0.6 is 11.8 Å². The fourth-order valence-electron chi connectivity index (χ4n) is 1.74. The highest BCUT2D eigenvalue weighted by atomic mass is 32.2. The van der Waals surface area contributed by atoms with Gasteiger partial charge in [-0.3, -0.25) is 4.79 Å². The summed E-state index contributed by atoms with van der Waals surface area (Å²) in [5.74, 6) is 2.22. The average Bonchev–Trinajstić information content (AvgIpc) is 3.03. The number of methoxy groups -OCH3 is 1. The highest BCUT2D eigenvalue weighted by molar-refractivity contribution is 7.99. The normalized spacial score (nSPS) is 20.2. The molecule has 0 aromatic rings. The molecule has 0 aromatic carbocycles. The largest absolute Gasteiger partial charge is 0.468 e. The smallest absolute Gasteiger partial charge is 0.327 e. The van der Waals surface area contributed by atoms with Crippen LogP contribution < -0.4 is 5.32 Å². The van der Waals surface area contributed by atoms with Crippen molar-refractivity contribution < 1.29 is 9.53 Å². The molecule has 1 N–H and O–H groups in total. The number of ether oxygens (including phenoxy) is 1. The summed E-state index contributed by atoms with van der Waals surface area (Å²) in [5, 5.41) is 3.17. The molecule has 0 aliphatic heterocycles. The van der Waals surface area contributed by atoms with Crippen molar-refractivity contribution in [3.8, 4) is 0 Å². The van der Waals surface area contributed by atoms with Gasteiger partial charge in [0.2, 0.25) is 0 Å². The summed E-state index contributed by atoms with van der Waals surface area (Å²) < 4.78 is 4.89. The van der Waals surface area contributed by atoms with Gasteiger partial charge in [-0.2, -0.15) is 11.8 Å². The average molecular weight is 217 g/mol. The van der Waals surface area contributed by atoms with Gasteiger partial charge in [0, 0.05) is 5.75 Å². The predicted octanol–water partition coefficient (Wildman–Crippen LogP) is 1.28. The molecule has 82 valence electrons. The van der Waals surface area contributed by atoms with E-state index in [1.54, 1.807) is 11.8 Å². The molecule has 0 heterocycles. The first kappa shape index (κ1) is 11.9. The summed E-state index contributed by atoms with van der Waals surface area (Å²) >= 11 is 1.79. The second kappa shape index (κ2) is 5.03. The quantitative estimate of drug-likeness (QED) is 0.680. The zero-order chi connectivity index (χ0) is 10.6. The number of carbonyl (C=O) groups is 1. The van der Waals surface area contributed by atoms with Gasteiger partial charge in [0.25, 0.3) is 0 Å². The van der Waals surface area contributed by atoms with Gasteiger partial charge >= 0.3 is 5.97 Å². The number of thioether (sulfide) groups is 1. The molecule has 4 heteroatoms. The number of hydrogen-bond donors (Lipinski definition) is 1. The molecule has 14 heavy (non-hydrogen) atoms. The van der Waals surface area contributed by atoms with E-state index in [1.165, 1.54) is 7.11 Å². The van der Waals surface area contributed by atoms with Gasteiger partial charge in [-0.25, -0.2) is 0 Å². The van der Waals surface area contributed by atoms with Crippen LogP contribution in [0.25, 0.3) is 0 Å². The van der Waals surface area contributed by atoms with Gasteiger partial charge in [-0.15, -0.1) is 0 Å². The van der Waals surface area contributed by atoms with Crippen molar-refractivity contribution in [2.45, 2.75) is 25.3 Å². The van der Waals surface area contributed by atoms with Crippen molar-refractivity contribution in [3.63, 3.8) is 0 Å². The van der Waals surface area contributed by atoms with E-state index in [4.69, 9.17) is 4.74 Å². The first-order chi connectivity index (χ1) is 6.71. The number of carbonyl (C=O) groups excluding carboxylic acids is 1. The Bertz CT molecular complexity index is 206. The Balaban J connectivity index is 2.69. The molecular formula is C10H19NO2S. The number of esters is 1. The van der Waals surface area contributed by atoms with Gasteiger partial charge in [0.15, 0.2) is 0 Å². The molecular weight excluding hydrogens is 198 g/mol. The molecule has 1 rings (SSSR count). The molecule has 0 bridgehead atoms. The van der Waals surface area contributed by atoms with Crippen molar-refractivity contribution >= 4 is 17.7 Å². The van der Waals surface area contributed by atoms with E-state index in [9.17, 15) is 4.79 Å². The summed E-state index contributed by atoms with van der Waals surface area (Å²) in [6.45, 7) is 2.11. The molecule has 0 spiro atoms. The van der Waals surface area contributed by atoms with Crippen LogP contribution in [-0.2, 0) is 9.53 Å². The molecule has 1 aliphatic rings. The lowest BCUT2D eigenvalue weighted by Gasteiger charge is -2.30. The van der Waals surface area contributed by atoms with E-state index in [1.807, 2.05) is 7.05 Å². The van der Waals surface area contributed by atoms with Crippen molar-refractivity contribution in [1.82, 2.24) is 5.32 Å². The molecule has 1 atom stereocenters. The number of hydrogen-bond acceptors (Lipinski definition) is 4. The predicted molar refractivity (Wildman–Crippen MR) is 59.5 cm³/mol. The van der Waals surface area contributed by atoms with E-state index in [0.717, 1.165) is 24.3 Å². The SMILES string of the molecule is CCSCC(NC)(C(=O)OC)C1CC1. The second-order valence-electron chi connectivity index (χ2n) is 3.62. The lowest BCUT2D eigenvalue weighted by molar-refractivity contribution is -0.148. The molecule has 3 nitrogen and oxygen atoms in total. The van der Waals surface area contributed by atoms with Gasteiger partial charge in [0.1, 0.15) is 5.54 Å². The van der Waals surface area contributed by atoms with E-state index in [2.05, 4.69) is 12.2 Å². The monoisotopic (exact) mass is 217 g/mol. The van der Waals surface area contributed by atoms with E-state index >= 15 is 0 Å². The summed E-state index contributed by atoms with van der Waals surface area (Å²) in [4.78, 5) is 11.8. The Hall–Kier alpha value is -0.220. The third kappa shape index (κ3) is 2.23. The van der Waals surface area contributed by atoms with Gasteiger partial charge in [0.05, 0.1) is 7.11 Å². The molecule has 1 aliphatic carbocycles. The summed E-state index contributed by atoms with van der Waals surface area (Å²) in [6.07, 6.45) is 2.28. The Kier molecular flexibility index (Phi) is 4.26. The fraction of sp³-hybridized carbons (Fsp3) is 0.900. The van der Waals surface area contributed by atoms with E-state index < -0.39 is 5.54 Å². The zero-order valence-electron chi connectivity index (χ0n) is 9.13. The number of likely N-dealkylation sites (N-methyl/N-ethyl adjacent to an activating group) is 1. The highest BCUT2D eigenvalue weighted by Gasteiger charge is 2.50. The molecule has 0 saturated heterocycles. The molecule has 1 fully saturated rings. The maximum Gasteiger partial charge on any atom is 0.327 e. The van der Waals surface area contributed by atoms with Crippen molar-refractivity contribution in [1.29, 1.82) is 0 Å². The summed E-state index contributed by atoms with van der Waals surface area (Å²) in [6, 6.07) is 0. The first-order valence-electron chi connectivity index (χ1n) is 5.06. The van der Waals surface area contributed by atoms with E-state index in [0.29, 0.717) is 5.92 Å². The number of rotatable bonds is 6. The topological polar surface area (TPSA) is 38.3 Å². The van der Waals surface area contributed by atoms with Gasteiger partial charge in [-0.1, -0.05) is 6.92 Å². The Morgan fingerprint density at radius 2 is 2.29 bits per heavy atom. The molecule has 1 unspecified atom stereocenters. The Morgan fingerprint density at radius 1 is 1.64 bits per heavy atom. The van der Waals surface area contributed by atoms with Crippen molar-refractivity contribution in [2.24, 2.45) is 5.92 Å². The minimum atomic E-state index is -0.435. The first-order valence-corrected chi connectivity index (χ1v) is 6.21. The van der Waals surface area contributed by atoms with Crippen LogP contribution in [0.15, 0.2) is 0 Å². The Morgan fingerprint density at radius 3 is 2.64 bits per heavy atom. The third-order valence-corrected chi connectivity index (χ3v) is 3.87. The van der Waals surface area contributed by atoms with Crippen molar-refractivity contribution in [2.75, 3.05) is 25.7 Å². The third-order valence-electron chi connectivity index (χ3n) is 2.80. The zero-order valence-corrected chi connectivity index (χ0v) is 9.95. The van der Waals surface area contributed by atoms with Crippen LogP contribution in [0.3, 0.4) is 0 Å². The van der Waals surface area contributed by atoms with Crippen molar-refractivity contribution in [3.05, 3.63) is 0 Å². The minimum Gasteiger partial charge on any atom is -0.468 e. The van der Waals surface area contributed by atoms with E-state index in [-0.39, 0.29) is 5.97 Å². The molecule has 1 saturated carbocycles. The van der Waals surface area contributed by atoms with Crippen LogP contribution in [0.4, 0.5) is 0 Å². The molecule has 0 radical (unpaired) electrons. The highest BCUT2D eigenvalue weighted by Crippen LogP contribution is 2.41. The van der Waals surface area contributed by atoms with Crippen LogP contribution in [0.2, 0.25) is 0 Å². The van der Waals surface area contributed by atoms with Crippen LogP contribution in [-0.4, -0.2) is 37.2 Å². The lowest BCUT2D eigenvalue weighted by atomic mass is 9.96. The van der Waals surface area contributed by atoms with Gasteiger partial charge < -0.3 is 10.1 Å². The Labute approximate surface area is 90.0 Å². The minimum absolute atomic E-state index is 0.108. The fourth-order valence-corrected chi connectivity index (χ4v) is 2.77. The van der Waals surface area contributed by atoms with Crippen LogP contribution in [0.5, 0.6) is 0 Å². The lowest BCUT2D eigenvalue weighted by Crippen LogP contribution is -2.55. The maximum absolute atomic E-state index is 11.8. The molecule has 0 aromatic heterocycles. The van der Waals surface area contributed by atoms with Crippen LogP contribution in [0, 0.1) is 5.92 Å². The summed E-state index contributed by atoms with van der Waals surface area (Å²) in [5.41, 5.74) is -0.435. The van der Waals surface area contributed by atoms with Crippen LogP contribution in [0.1, 0.15) is 19.8 Å². The number of nitrogens with one attached hydrogen (secondary N) is 1. The van der Waals surface area contributed by atoms with Gasteiger partial charge in [-0.05, 0) is 31.6 Å². The molecule has 0 amide bonds. The maximum atomic E-state index is 11.8. The standard InChI is InChI=1S/C10H19NO2S/c1-4-14-7-10(11-2,8-5-6-8)9(12)13-3/h8,11H,4-7H2,1-3H3. The second-order valence-corrected chi connectivity index (χ2v) is 4.90.